The van der Waals surface area contributed by atoms with Gasteiger partial charge in [0.15, 0.2) is 0 Å². The molecule has 1 aromatic heterocycles. The van der Waals surface area contributed by atoms with Gasteiger partial charge in [-0.15, -0.1) is 0 Å². The van der Waals surface area contributed by atoms with Gasteiger partial charge >= 0.3 is 0 Å². The lowest BCUT2D eigenvalue weighted by Gasteiger charge is -2.35. The molecule has 0 radical (unpaired) electrons. The van der Waals surface area contributed by atoms with Crippen LogP contribution in [0.5, 0.6) is 0 Å². The SMILES string of the molecule is CCc1cccc(NC(=O)CN2CCOC[C@H]2c2cccn2C)c1. The van der Waals surface area contributed by atoms with Crippen molar-refractivity contribution in [1.29, 1.82) is 0 Å². The van der Waals surface area contributed by atoms with Crippen LogP contribution in [-0.2, 0) is 23.0 Å². The topological polar surface area (TPSA) is 46.5 Å². The first-order valence-corrected chi connectivity index (χ1v) is 8.49. The number of amides is 1. The monoisotopic (exact) mass is 327 g/mol. The molecule has 0 unspecified atom stereocenters. The highest BCUT2D eigenvalue weighted by molar-refractivity contribution is 5.92. The van der Waals surface area contributed by atoms with Crippen LogP contribution in [0.25, 0.3) is 0 Å². The molecule has 1 aromatic carbocycles. The normalized spacial score (nSPS) is 18.5. The smallest absolute Gasteiger partial charge is 0.238 e. The first kappa shape index (κ1) is 16.7. The number of morpholine rings is 1. The Bertz CT molecular complexity index is 695. The molecule has 24 heavy (non-hydrogen) atoms. The maximum absolute atomic E-state index is 12.5. The summed E-state index contributed by atoms with van der Waals surface area (Å²) >= 11 is 0. The highest BCUT2D eigenvalue weighted by atomic mass is 16.5. The van der Waals surface area contributed by atoms with Crippen molar-refractivity contribution in [2.75, 3.05) is 31.6 Å². The maximum atomic E-state index is 12.5. The fraction of sp³-hybridized carbons (Fsp3) is 0.421. The van der Waals surface area contributed by atoms with Crippen LogP contribution < -0.4 is 5.32 Å². The molecular formula is C19H25N3O2. The van der Waals surface area contributed by atoms with Crippen molar-refractivity contribution in [2.45, 2.75) is 19.4 Å². The molecule has 1 amide bonds. The van der Waals surface area contributed by atoms with Crippen molar-refractivity contribution in [2.24, 2.45) is 7.05 Å². The number of carbonyl (C=O) groups is 1. The summed E-state index contributed by atoms with van der Waals surface area (Å²) in [6.07, 6.45) is 2.99. The summed E-state index contributed by atoms with van der Waals surface area (Å²) in [5.41, 5.74) is 3.26. The van der Waals surface area contributed by atoms with E-state index in [1.54, 1.807) is 0 Å². The van der Waals surface area contributed by atoms with Crippen molar-refractivity contribution in [3.05, 3.63) is 53.9 Å². The van der Waals surface area contributed by atoms with E-state index in [4.69, 9.17) is 4.74 Å². The second kappa shape index (κ2) is 7.64. The minimum atomic E-state index is 0.0179. The Hall–Kier alpha value is -2.11. The predicted molar refractivity (Wildman–Crippen MR) is 95.0 cm³/mol. The van der Waals surface area contributed by atoms with Crippen LogP contribution in [0.1, 0.15) is 24.2 Å². The van der Waals surface area contributed by atoms with E-state index in [1.807, 2.05) is 37.5 Å². The maximum Gasteiger partial charge on any atom is 0.238 e. The molecule has 3 rings (SSSR count). The minimum absolute atomic E-state index is 0.0179. The average molecular weight is 327 g/mol. The van der Waals surface area contributed by atoms with E-state index in [1.165, 1.54) is 11.3 Å². The molecule has 5 nitrogen and oxygen atoms in total. The lowest BCUT2D eigenvalue weighted by Crippen LogP contribution is -2.44. The molecule has 2 heterocycles. The van der Waals surface area contributed by atoms with E-state index in [0.29, 0.717) is 19.8 Å². The van der Waals surface area contributed by atoms with Crippen molar-refractivity contribution in [1.82, 2.24) is 9.47 Å². The molecule has 5 heteroatoms. The summed E-state index contributed by atoms with van der Waals surface area (Å²) in [6.45, 7) is 4.53. The van der Waals surface area contributed by atoms with E-state index < -0.39 is 0 Å². The number of benzene rings is 1. The summed E-state index contributed by atoms with van der Waals surface area (Å²) < 4.78 is 7.73. The molecule has 1 saturated heterocycles. The number of carbonyl (C=O) groups excluding carboxylic acids is 1. The van der Waals surface area contributed by atoms with Crippen LogP contribution in [0, 0.1) is 0 Å². The molecule has 1 N–H and O–H groups in total. The van der Waals surface area contributed by atoms with Gasteiger partial charge in [-0.2, -0.15) is 0 Å². The van der Waals surface area contributed by atoms with Crippen molar-refractivity contribution < 1.29 is 9.53 Å². The van der Waals surface area contributed by atoms with Crippen molar-refractivity contribution in [3.63, 3.8) is 0 Å². The standard InChI is InChI=1S/C19H25N3O2/c1-3-15-6-4-7-16(12-15)20-19(23)13-22-10-11-24-14-18(22)17-8-5-9-21(17)2/h4-9,12,18H,3,10-11,13-14H2,1-2H3,(H,20,23)/t18-/m0/s1. The highest BCUT2D eigenvalue weighted by Crippen LogP contribution is 2.24. The second-order valence-corrected chi connectivity index (χ2v) is 6.21. The second-order valence-electron chi connectivity index (χ2n) is 6.21. The Morgan fingerprint density at radius 3 is 2.96 bits per heavy atom. The zero-order chi connectivity index (χ0) is 16.9. The van der Waals surface area contributed by atoms with E-state index >= 15 is 0 Å². The molecule has 128 valence electrons. The molecule has 1 atom stereocenters. The average Bonchev–Trinajstić information content (AvgIpc) is 3.01. The Labute approximate surface area is 143 Å². The number of hydrogen-bond donors (Lipinski definition) is 1. The van der Waals surface area contributed by atoms with Crippen LogP contribution in [0.3, 0.4) is 0 Å². The lowest BCUT2D eigenvalue weighted by atomic mass is 10.1. The largest absolute Gasteiger partial charge is 0.378 e. The summed E-state index contributed by atoms with van der Waals surface area (Å²) in [4.78, 5) is 14.7. The summed E-state index contributed by atoms with van der Waals surface area (Å²) in [7, 11) is 2.03. The number of nitrogens with zero attached hydrogens (tertiary/aromatic N) is 2. The van der Waals surface area contributed by atoms with Gasteiger partial charge in [0, 0.05) is 31.2 Å². The Morgan fingerprint density at radius 1 is 1.33 bits per heavy atom. The highest BCUT2D eigenvalue weighted by Gasteiger charge is 2.27. The summed E-state index contributed by atoms with van der Waals surface area (Å²) in [5.74, 6) is 0.0179. The first-order valence-electron chi connectivity index (χ1n) is 8.49. The number of aryl methyl sites for hydroxylation is 2. The quantitative estimate of drug-likeness (QED) is 0.918. The van der Waals surface area contributed by atoms with E-state index in [0.717, 1.165) is 18.7 Å². The van der Waals surface area contributed by atoms with Gasteiger partial charge in [0.05, 0.1) is 25.8 Å². The molecule has 1 aliphatic rings. The van der Waals surface area contributed by atoms with Crippen molar-refractivity contribution in [3.8, 4) is 0 Å². The third-order valence-electron chi connectivity index (χ3n) is 4.53. The molecule has 0 aliphatic carbocycles. The van der Waals surface area contributed by atoms with Gasteiger partial charge in [-0.1, -0.05) is 19.1 Å². The summed E-state index contributed by atoms with van der Waals surface area (Å²) in [5, 5.41) is 3.02. The third kappa shape index (κ3) is 3.86. The zero-order valence-electron chi connectivity index (χ0n) is 14.4. The molecule has 0 saturated carbocycles. The lowest BCUT2D eigenvalue weighted by molar-refractivity contribution is -0.119. The molecule has 0 bridgehead atoms. The van der Waals surface area contributed by atoms with Gasteiger partial charge in [-0.3, -0.25) is 9.69 Å². The number of anilines is 1. The molecule has 0 spiro atoms. The fourth-order valence-corrected chi connectivity index (χ4v) is 3.17. The van der Waals surface area contributed by atoms with Crippen molar-refractivity contribution >= 4 is 11.6 Å². The van der Waals surface area contributed by atoms with Crippen LogP contribution >= 0.6 is 0 Å². The molecule has 1 fully saturated rings. The Morgan fingerprint density at radius 2 is 2.21 bits per heavy atom. The molecular weight excluding hydrogens is 302 g/mol. The zero-order valence-corrected chi connectivity index (χ0v) is 14.4. The van der Waals surface area contributed by atoms with E-state index in [2.05, 4.69) is 33.8 Å². The summed E-state index contributed by atoms with van der Waals surface area (Å²) in [6, 6.07) is 12.3. The van der Waals surface area contributed by atoms with Crippen LogP contribution in [0.2, 0.25) is 0 Å². The molecule has 2 aromatic rings. The number of nitrogens with one attached hydrogen (secondary N) is 1. The van der Waals surface area contributed by atoms with Gasteiger partial charge in [0.2, 0.25) is 5.91 Å². The number of aromatic nitrogens is 1. The predicted octanol–water partition coefficient (Wildman–Crippen LogP) is 2.60. The van der Waals surface area contributed by atoms with Gasteiger partial charge in [-0.25, -0.2) is 0 Å². The minimum Gasteiger partial charge on any atom is -0.378 e. The number of hydrogen-bond acceptors (Lipinski definition) is 3. The van der Waals surface area contributed by atoms with Crippen LogP contribution in [0.4, 0.5) is 5.69 Å². The number of rotatable bonds is 5. The van der Waals surface area contributed by atoms with Crippen LogP contribution in [-0.4, -0.2) is 41.7 Å². The van der Waals surface area contributed by atoms with E-state index in [-0.39, 0.29) is 11.9 Å². The first-order chi connectivity index (χ1) is 11.7. The van der Waals surface area contributed by atoms with Gasteiger partial charge < -0.3 is 14.6 Å². The fourth-order valence-electron chi connectivity index (χ4n) is 3.17. The van der Waals surface area contributed by atoms with Gasteiger partial charge in [0.1, 0.15) is 0 Å². The van der Waals surface area contributed by atoms with Gasteiger partial charge in [0.25, 0.3) is 0 Å². The van der Waals surface area contributed by atoms with Crippen LogP contribution in [0.15, 0.2) is 42.6 Å². The van der Waals surface area contributed by atoms with E-state index in [9.17, 15) is 4.79 Å². The Kier molecular flexibility index (Phi) is 5.33. The Balaban J connectivity index is 1.66. The molecule has 1 aliphatic heterocycles. The number of ether oxygens (including phenoxy) is 1. The third-order valence-corrected chi connectivity index (χ3v) is 4.53. The van der Waals surface area contributed by atoms with Gasteiger partial charge in [-0.05, 0) is 36.2 Å².